The smallest absolute Gasteiger partial charge is 0.148 e. The van der Waals surface area contributed by atoms with Crippen LogP contribution in [-0.2, 0) is 10.2 Å². The Kier molecular flexibility index (Phi) is 2.98. The lowest BCUT2D eigenvalue weighted by Crippen LogP contribution is -2.38. The summed E-state index contributed by atoms with van der Waals surface area (Å²) in [5, 5.41) is 7.56. The molecule has 1 unspecified atom stereocenters. The average molecular weight is 280 g/mol. The average Bonchev–Trinajstić information content (AvgIpc) is 2.25. The van der Waals surface area contributed by atoms with E-state index in [1.54, 1.807) is 0 Å². The van der Waals surface area contributed by atoms with Crippen LogP contribution >= 0.6 is 15.9 Å². The molecule has 1 saturated carbocycles. The molecule has 0 aliphatic heterocycles. The number of nitrogens with one attached hydrogen (secondary N) is 1. The van der Waals surface area contributed by atoms with Crippen molar-refractivity contribution in [2.45, 2.75) is 31.6 Å². The summed E-state index contributed by atoms with van der Waals surface area (Å²) >= 11 is 3.39. The number of ketones is 1. The Hall–Kier alpha value is -0.960. The normalized spacial score (nSPS) is 25.9. The molecule has 0 amide bonds. The van der Waals surface area contributed by atoms with Gasteiger partial charge < -0.3 is 5.41 Å². The highest BCUT2D eigenvalue weighted by Crippen LogP contribution is 2.35. The number of hydrogen-bond donors (Lipinski definition) is 1. The summed E-state index contributed by atoms with van der Waals surface area (Å²) < 4.78 is 1.02. The maximum atomic E-state index is 12.1. The van der Waals surface area contributed by atoms with Gasteiger partial charge in [-0.05, 0) is 37.5 Å². The van der Waals surface area contributed by atoms with Gasteiger partial charge in [0.25, 0.3) is 0 Å². The quantitative estimate of drug-likeness (QED) is 0.840. The van der Waals surface area contributed by atoms with Gasteiger partial charge >= 0.3 is 0 Å². The molecule has 0 heterocycles. The lowest BCUT2D eigenvalue weighted by atomic mass is 9.69. The fraction of sp³-hybridized carbons (Fsp3) is 0.385. The van der Waals surface area contributed by atoms with Crippen molar-refractivity contribution >= 4 is 27.4 Å². The van der Waals surface area contributed by atoms with Gasteiger partial charge in [0.1, 0.15) is 5.78 Å². The first-order valence-electron chi connectivity index (χ1n) is 5.38. The van der Waals surface area contributed by atoms with Crippen molar-refractivity contribution in [1.82, 2.24) is 0 Å². The second kappa shape index (κ2) is 4.13. The molecule has 1 N–H and O–H groups in total. The van der Waals surface area contributed by atoms with Crippen LogP contribution < -0.4 is 0 Å². The minimum absolute atomic E-state index is 0.172. The molecule has 2 nitrogen and oxygen atoms in total. The van der Waals surface area contributed by atoms with E-state index in [-0.39, 0.29) is 5.78 Å². The van der Waals surface area contributed by atoms with Crippen molar-refractivity contribution in [3.8, 4) is 0 Å². The zero-order valence-electron chi connectivity index (χ0n) is 9.22. The fourth-order valence-electron chi connectivity index (χ4n) is 2.14. The largest absolute Gasteiger partial charge is 0.309 e. The van der Waals surface area contributed by atoms with Gasteiger partial charge in [-0.1, -0.05) is 28.1 Å². The number of halogens is 1. The number of benzene rings is 1. The highest BCUT2D eigenvalue weighted by molar-refractivity contribution is 9.10. The third kappa shape index (κ3) is 1.96. The molecule has 1 aromatic carbocycles. The van der Waals surface area contributed by atoms with E-state index < -0.39 is 5.41 Å². The molecule has 3 heteroatoms. The fourth-order valence-corrected chi connectivity index (χ4v) is 2.40. The van der Waals surface area contributed by atoms with E-state index in [4.69, 9.17) is 5.41 Å². The van der Waals surface area contributed by atoms with Crippen LogP contribution in [0.2, 0.25) is 0 Å². The Labute approximate surface area is 104 Å². The SMILES string of the molecule is CC1(c2ccc(Br)cc2)CCC(=N)CC1=O. The van der Waals surface area contributed by atoms with Crippen LogP contribution in [0.1, 0.15) is 31.7 Å². The first-order valence-corrected chi connectivity index (χ1v) is 6.17. The molecule has 0 aromatic heterocycles. The minimum atomic E-state index is -0.398. The van der Waals surface area contributed by atoms with Gasteiger partial charge in [0.15, 0.2) is 0 Å². The summed E-state index contributed by atoms with van der Waals surface area (Å²) in [5.74, 6) is 0.172. The van der Waals surface area contributed by atoms with Gasteiger partial charge in [-0.3, -0.25) is 4.79 Å². The van der Waals surface area contributed by atoms with E-state index >= 15 is 0 Å². The van der Waals surface area contributed by atoms with Crippen LogP contribution in [0.25, 0.3) is 0 Å². The molecule has 0 saturated heterocycles. The minimum Gasteiger partial charge on any atom is -0.309 e. The standard InChI is InChI=1S/C13H14BrNO/c1-13(7-6-11(15)8-12(13)16)9-2-4-10(14)5-3-9/h2-5,15H,6-8H2,1H3. The first kappa shape index (κ1) is 11.5. The Morgan fingerprint density at radius 2 is 1.94 bits per heavy atom. The summed E-state index contributed by atoms with van der Waals surface area (Å²) in [4.78, 5) is 12.1. The third-order valence-corrected chi connectivity index (χ3v) is 3.93. The summed E-state index contributed by atoms with van der Waals surface area (Å²) in [6, 6.07) is 7.93. The molecule has 84 valence electrons. The Morgan fingerprint density at radius 3 is 2.50 bits per heavy atom. The molecule has 1 fully saturated rings. The topological polar surface area (TPSA) is 40.9 Å². The Balaban J connectivity index is 2.34. The molecule has 0 bridgehead atoms. The van der Waals surface area contributed by atoms with Crippen LogP contribution in [0.4, 0.5) is 0 Å². The van der Waals surface area contributed by atoms with Gasteiger partial charge in [-0.2, -0.15) is 0 Å². The van der Waals surface area contributed by atoms with E-state index in [2.05, 4.69) is 15.9 Å². The van der Waals surface area contributed by atoms with E-state index in [0.717, 1.165) is 22.9 Å². The zero-order valence-corrected chi connectivity index (χ0v) is 10.8. The van der Waals surface area contributed by atoms with Gasteiger partial charge in [0.2, 0.25) is 0 Å². The first-order chi connectivity index (χ1) is 7.52. The van der Waals surface area contributed by atoms with Gasteiger partial charge in [-0.25, -0.2) is 0 Å². The molecule has 1 aliphatic carbocycles. The predicted molar refractivity (Wildman–Crippen MR) is 68.1 cm³/mol. The third-order valence-electron chi connectivity index (χ3n) is 3.40. The van der Waals surface area contributed by atoms with Gasteiger partial charge in [0.05, 0.1) is 5.41 Å². The Morgan fingerprint density at radius 1 is 1.31 bits per heavy atom. The molecular weight excluding hydrogens is 266 g/mol. The van der Waals surface area contributed by atoms with Crippen LogP contribution in [-0.4, -0.2) is 11.5 Å². The van der Waals surface area contributed by atoms with Crippen molar-refractivity contribution in [2.75, 3.05) is 0 Å². The number of rotatable bonds is 1. The molecule has 1 aromatic rings. The summed E-state index contributed by atoms with van der Waals surface area (Å²) in [6.07, 6.45) is 1.80. The summed E-state index contributed by atoms with van der Waals surface area (Å²) in [5.41, 5.74) is 1.23. The number of carbonyl (C=O) groups excluding carboxylic acids is 1. The Bertz CT molecular complexity index is 438. The number of Topliss-reactive ketones (excluding diaryl/α,β-unsaturated/α-hetero) is 1. The summed E-state index contributed by atoms with van der Waals surface area (Å²) in [7, 11) is 0. The van der Waals surface area contributed by atoms with E-state index in [9.17, 15) is 4.79 Å². The molecule has 1 aliphatic rings. The zero-order chi connectivity index (χ0) is 11.8. The van der Waals surface area contributed by atoms with Gasteiger partial charge in [-0.15, -0.1) is 0 Å². The van der Waals surface area contributed by atoms with E-state index in [1.807, 2.05) is 31.2 Å². The van der Waals surface area contributed by atoms with E-state index in [1.165, 1.54) is 0 Å². The lowest BCUT2D eigenvalue weighted by Gasteiger charge is -2.32. The summed E-state index contributed by atoms with van der Waals surface area (Å²) in [6.45, 7) is 1.99. The van der Waals surface area contributed by atoms with E-state index in [0.29, 0.717) is 12.1 Å². The molecule has 0 radical (unpaired) electrons. The van der Waals surface area contributed by atoms with Crippen molar-refractivity contribution < 1.29 is 4.79 Å². The number of carbonyl (C=O) groups is 1. The van der Waals surface area contributed by atoms with Crippen molar-refractivity contribution in [3.63, 3.8) is 0 Å². The van der Waals surface area contributed by atoms with Crippen LogP contribution in [0.3, 0.4) is 0 Å². The maximum Gasteiger partial charge on any atom is 0.148 e. The monoisotopic (exact) mass is 279 g/mol. The van der Waals surface area contributed by atoms with Crippen LogP contribution in [0.15, 0.2) is 28.7 Å². The second-order valence-electron chi connectivity index (χ2n) is 4.54. The molecule has 0 spiro atoms. The van der Waals surface area contributed by atoms with Crippen molar-refractivity contribution in [2.24, 2.45) is 0 Å². The second-order valence-corrected chi connectivity index (χ2v) is 5.46. The highest BCUT2D eigenvalue weighted by Gasteiger charge is 2.38. The highest BCUT2D eigenvalue weighted by atomic mass is 79.9. The maximum absolute atomic E-state index is 12.1. The van der Waals surface area contributed by atoms with Crippen molar-refractivity contribution in [1.29, 1.82) is 5.41 Å². The molecule has 16 heavy (non-hydrogen) atoms. The molecular formula is C13H14BrNO. The van der Waals surface area contributed by atoms with Crippen LogP contribution in [0.5, 0.6) is 0 Å². The van der Waals surface area contributed by atoms with Crippen LogP contribution in [0, 0.1) is 5.41 Å². The number of hydrogen-bond acceptors (Lipinski definition) is 2. The molecule has 1 atom stereocenters. The lowest BCUT2D eigenvalue weighted by molar-refractivity contribution is -0.123. The molecule has 2 rings (SSSR count). The van der Waals surface area contributed by atoms with Gasteiger partial charge in [0, 0.05) is 16.6 Å². The van der Waals surface area contributed by atoms with Crippen molar-refractivity contribution in [3.05, 3.63) is 34.3 Å². The predicted octanol–water partition coefficient (Wildman–Crippen LogP) is 3.48.